The molecule has 0 radical (unpaired) electrons. The summed E-state index contributed by atoms with van der Waals surface area (Å²) in [6, 6.07) is 8.71. The van der Waals surface area contributed by atoms with E-state index in [2.05, 4.69) is 20.4 Å². The second kappa shape index (κ2) is 11.9. The zero-order chi connectivity index (χ0) is 29.1. The Morgan fingerprint density at radius 2 is 1.50 bits per heavy atom. The van der Waals surface area contributed by atoms with Crippen LogP contribution in [0, 0.1) is 0 Å². The van der Waals surface area contributed by atoms with Crippen LogP contribution in [0.2, 0.25) is 0 Å². The van der Waals surface area contributed by atoms with Crippen molar-refractivity contribution in [3.63, 3.8) is 0 Å². The first-order valence-electron chi connectivity index (χ1n) is 12.8. The molecule has 40 heavy (non-hydrogen) atoms. The fourth-order valence-corrected chi connectivity index (χ4v) is 5.15. The van der Waals surface area contributed by atoms with Gasteiger partial charge in [-0.1, -0.05) is 0 Å². The third kappa shape index (κ3) is 7.38. The van der Waals surface area contributed by atoms with E-state index in [1.54, 1.807) is 7.11 Å². The van der Waals surface area contributed by atoms with E-state index < -0.39 is 47.4 Å². The van der Waals surface area contributed by atoms with E-state index in [9.17, 15) is 35.9 Å². The van der Waals surface area contributed by atoms with Crippen LogP contribution in [-0.2, 0) is 17.1 Å². The number of ether oxygens (including phenoxy) is 1. The number of nitrogens with zero attached hydrogens (tertiary/aromatic N) is 2. The molecular formula is C27H30F6N4O3. The zero-order valence-electron chi connectivity index (χ0n) is 21.7. The largest absolute Gasteiger partial charge is 0.497 e. The van der Waals surface area contributed by atoms with Crippen LogP contribution in [0.5, 0.6) is 5.75 Å². The van der Waals surface area contributed by atoms with Crippen molar-refractivity contribution in [2.45, 2.75) is 43.7 Å². The van der Waals surface area contributed by atoms with E-state index in [4.69, 9.17) is 4.74 Å². The van der Waals surface area contributed by atoms with Crippen LogP contribution in [0.1, 0.15) is 40.7 Å². The fourth-order valence-electron chi connectivity index (χ4n) is 5.15. The third-order valence-corrected chi connectivity index (χ3v) is 7.26. The van der Waals surface area contributed by atoms with Gasteiger partial charge >= 0.3 is 12.4 Å². The summed E-state index contributed by atoms with van der Waals surface area (Å²) in [5, 5.41) is 4.91. The Balaban J connectivity index is 1.24. The van der Waals surface area contributed by atoms with E-state index in [1.807, 2.05) is 24.3 Å². The molecule has 2 fully saturated rings. The first-order chi connectivity index (χ1) is 18.8. The van der Waals surface area contributed by atoms with Crippen molar-refractivity contribution in [1.82, 2.24) is 15.5 Å². The van der Waals surface area contributed by atoms with Crippen molar-refractivity contribution in [2.75, 3.05) is 44.7 Å². The lowest BCUT2D eigenvalue weighted by atomic mass is 10.0. The minimum absolute atomic E-state index is 0.0573. The van der Waals surface area contributed by atoms with Crippen LogP contribution >= 0.6 is 0 Å². The summed E-state index contributed by atoms with van der Waals surface area (Å²) in [5.41, 5.74) is -2.90. The van der Waals surface area contributed by atoms with Crippen LogP contribution in [0.15, 0.2) is 42.5 Å². The maximum Gasteiger partial charge on any atom is 0.416 e. The van der Waals surface area contributed by atoms with Gasteiger partial charge in [-0.05, 0) is 61.7 Å². The van der Waals surface area contributed by atoms with E-state index in [0.717, 1.165) is 43.9 Å². The highest BCUT2D eigenvalue weighted by Crippen LogP contribution is 2.36. The highest BCUT2D eigenvalue weighted by atomic mass is 19.4. The number of likely N-dealkylation sites (tertiary alicyclic amines) is 1. The standard InChI is InChI=1S/C27H30F6N4O3/c1-40-23-4-2-21(3-5-23)36-10-7-22(8-11-36)37-9-6-20(16-37)35-24(38)15-34-25(39)17-12-18(26(28,29)30)14-19(13-17)27(31,32)33/h2-5,12-14,20,22H,6-11,15-16H2,1H3,(H,34,39)(H,35,38)/t20-/m1/s1. The lowest BCUT2D eigenvalue weighted by Crippen LogP contribution is -2.46. The van der Waals surface area contributed by atoms with Gasteiger partial charge in [0.2, 0.25) is 5.91 Å². The van der Waals surface area contributed by atoms with Crippen LogP contribution in [0.25, 0.3) is 0 Å². The molecule has 7 nitrogen and oxygen atoms in total. The smallest absolute Gasteiger partial charge is 0.416 e. The highest BCUT2D eigenvalue weighted by Gasteiger charge is 2.37. The van der Waals surface area contributed by atoms with Crippen LogP contribution in [0.3, 0.4) is 0 Å². The van der Waals surface area contributed by atoms with Crippen molar-refractivity contribution >= 4 is 17.5 Å². The van der Waals surface area contributed by atoms with Crippen LogP contribution in [-0.4, -0.2) is 68.6 Å². The molecular weight excluding hydrogens is 542 g/mol. The van der Waals surface area contributed by atoms with E-state index in [0.29, 0.717) is 31.1 Å². The number of hydrogen-bond donors (Lipinski definition) is 2. The van der Waals surface area contributed by atoms with Gasteiger partial charge in [0.05, 0.1) is 24.8 Å². The number of nitrogens with one attached hydrogen (secondary N) is 2. The molecule has 13 heteroatoms. The quantitative estimate of drug-likeness (QED) is 0.484. The van der Waals surface area contributed by atoms with E-state index >= 15 is 0 Å². The Morgan fingerprint density at radius 3 is 2.05 bits per heavy atom. The summed E-state index contributed by atoms with van der Waals surface area (Å²) in [5.74, 6) is -0.976. The highest BCUT2D eigenvalue weighted by molar-refractivity contribution is 5.96. The lowest BCUT2D eigenvalue weighted by molar-refractivity contribution is -0.143. The van der Waals surface area contributed by atoms with Crippen molar-refractivity contribution in [2.24, 2.45) is 0 Å². The predicted molar refractivity (Wildman–Crippen MR) is 135 cm³/mol. The molecule has 0 saturated carbocycles. The number of piperidine rings is 1. The maximum atomic E-state index is 13.1. The van der Waals surface area contributed by atoms with Gasteiger partial charge in [0.25, 0.3) is 5.91 Å². The number of amides is 2. The average Bonchev–Trinajstić information content (AvgIpc) is 3.39. The summed E-state index contributed by atoms with van der Waals surface area (Å²) in [4.78, 5) is 29.3. The van der Waals surface area contributed by atoms with E-state index in [1.165, 1.54) is 0 Å². The van der Waals surface area contributed by atoms with Gasteiger partial charge in [0.15, 0.2) is 0 Å². The van der Waals surface area contributed by atoms with Gasteiger partial charge in [-0.25, -0.2) is 0 Å². The third-order valence-electron chi connectivity index (χ3n) is 7.26. The van der Waals surface area contributed by atoms with Crippen molar-refractivity contribution in [1.29, 1.82) is 0 Å². The molecule has 2 amide bonds. The van der Waals surface area contributed by atoms with Crippen LogP contribution < -0.4 is 20.3 Å². The molecule has 0 aliphatic carbocycles. The van der Waals surface area contributed by atoms with Gasteiger partial charge < -0.3 is 20.3 Å². The minimum Gasteiger partial charge on any atom is -0.497 e. The molecule has 2 heterocycles. The first kappa shape index (κ1) is 29.5. The maximum absolute atomic E-state index is 13.1. The topological polar surface area (TPSA) is 73.9 Å². The Hall–Kier alpha value is -3.48. The molecule has 2 aliphatic rings. The molecule has 2 N–H and O–H groups in total. The normalized spacial score (nSPS) is 19.0. The minimum atomic E-state index is -5.08. The Labute approximate surface area is 227 Å². The van der Waals surface area contributed by atoms with Gasteiger partial charge in [-0.2, -0.15) is 26.3 Å². The Morgan fingerprint density at radius 1 is 0.900 bits per heavy atom. The van der Waals surface area contributed by atoms with Crippen molar-refractivity contribution in [3.05, 3.63) is 59.2 Å². The van der Waals surface area contributed by atoms with Gasteiger partial charge in [0, 0.05) is 49.5 Å². The molecule has 2 aromatic rings. The molecule has 218 valence electrons. The number of benzene rings is 2. The molecule has 2 saturated heterocycles. The number of hydrogen-bond acceptors (Lipinski definition) is 5. The molecule has 1 atom stereocenters. The van der Waals surface area contributed by atoms with Crippen LogP contribution in [0.4, 0.5) is 32.0 Å². The monoisotopic (exact) mass is 572 g/mol. The Bertz CT molecular complexity index is 1160. The molecule has 0 bridgehead atoms. The number of methoxy groups -OCH3 is 1. The second-order valence-electron chi connectivity index (χ2n) is 9.94. The van der Waals surface area contributed by atoms with E-state index in [-0.39, 0.29) is 12.1 Å². The van der Waals surface area contributed by atoms with Gasteiger partial charge in [-0.3, -0.25) is 14.5 Å². The zero-order valence-corrected chi connectivity index (χ0v) is 21.7. The summed E-state index contributed by atoms with van der Waals surface area (Å²) >= 11 is 0. The number of rotatable bonds is 7. The summed E-state index contributed by atoms with van der Waals surface area (Å²) in [7, 11) is 1.62. The summed E-state index contributed by atoms with van der Waals surface area (Å²) in [6.07, 6.45) is -7.54. The van der Waals surface area contributed by atoms with Crippen molar-refractivity contribution < 1.29 is 40.7 Å². The first-order valence-corrected chi connectivity index (χ1v) is 12.8. The molecule has 0 unspecified atom stereocenters. The predicted octanol–water partition coefficient (Wildman–Crippen LogP) is 4.32. The summed E-state index contributed by atoms with van der Waals surface area (Å²) < 4.78 is 83.5. The number of carbonyl (C=O) groups excluding carboxylic acids is 2. The second-order valence-corrected chi connectivity index (χ2v) is 9.94. The average molecular weight is 573 g/mol. The van der Waals surface area contributed by atoms with Gasteiger partial charge in [-0.15, -0.1) is 0 Å². The van der Waals surface area contributed by atoms with Gasteiger partial charge in [0.1, 0.15) is 5.75 Å². The Kier molecular flexibility index (Phi) is 8.81. The molecule has 2 aliphatic heterocycles. The molecule has 0 aromatic heterocycles. The number of alkyl halides is 6. The van der Waals surface area contributed by atoms with Crippen molar-refractivity contribution in [3.8, 4) is 5.75 Å². The number of carbonyl (C=O) groups is 2. The SMILES string of the molecule is COc1ccc(N2CCC(N3CC[C@@H](NC(=O)CNC(=O)c4cc(C(F)(F)F)cc(C(F)(F)F)c4)C3)CC2)cc1. The summed E-state index contributed by atoms with van der Waals surface area (Å²) in [6.45, 7) is 2.61. The molecule has 0 spiro atoms. The number of halogens is 6. The molecule has 2 aromatic carbocycles. The lowest BCUT2D eigenvalue weighted by Gasteiger charge is -2.38. The fraction of sp³-hybridized carbons (Fsp3) is 0.481. The number of anilines is 1. The molecule has 4 rings (SSSR count).